The molecule has 0 heterocycles. The first kappa shape index (κ1) is 24.3. The fraction of sp³-hybridized carbons (Fsp3) is 0.400. The zero-order chi connectivity index (χ0) is 24.0. The molecular formula is C25H30N2O6. The summed E-state index contributed by atoms with van der Waals surface area (Å²) in [7, 11) is 1.39. The third-order valence-electron chi connectivity index (χ3n) is 6.06. The number of nitrogens with one attached hydrogen (secondary N) is 2. The minimum absolute atomic E-state index is 0.103. The van der Waals surface area contributed by atoms with Crippen LogP contribution >= 0.6 is 0 Å². The Bertz CT molecular complexity index is 962. The monoisotopic (exact) mass is 454 g/mol. The molecule has 2 unspecified atom stereocenters. The first-order valence-electron chi connectivity index (χ1n) is 11.0. The van der Waals surface area contributed by atoms with E-state index in [0.29, 0.717) is 6.42 Å². The number of amides is 2. The molecule has 0 saturated heterocycles. The Morgan fingerprint density at radius 2 is 1.58 bits per heavy atom. The lowest BCUT2D eigenvalue weighted by Crippen LogP contribution is -2.55. The van der Waals surface area contributed by atoms with Crippen molar-refractivity contribution in [2.75, 3.05) is 20.3 Å². The largest absolute Gasteiger partial charge is 0.480 e. The van der Waals surface area contributed by atoms with Crippen LogP contribution in [0.15, 0.2) is 48.5 Å². The van der Waals surface area contributed by atoms with Crippen molar-refractivity contribution < 1.29 is 29.0 Å². The lowest BCUT2D eigenvalue weighted by molar-refractivity contribution is -0.143. The van der Waals surface area contributed by atoms with Crippen LogP contribution in [0.4, 0.5) is 4.79 Å². The lowest BCUT2D eigenvalue weighted by Gasteiger charge is -2.24. The number of benzene rings is 2. The molecular weight excluding hydrogens is 424 g/mol. The molecule has 33 heavy (non-hydrogen) atoms. The van der Waals surface area contributed by atoms with E-state index in [1.54, 1.807) is 6.92 Å². The number of fused-ring (bicyclic) bond motifs is 3. The SMILES string of the molecule is CCC(C)C(NC(=O)[C@H](COC)NC(=O)OCC1c2ccccc2-c2ccccc21)C(=O)O. The van der Waals surface area contributed by atoms with Crippen LogP contribution in [0.3, 0.4) is 0 Å². The quantitative estimate of drug-likeness (QED) is 0.508. The van der Waals surface area contributed by atoms with E-state index in [9.17, 15) is 19.5 Å². The minimum Gasteiger partial charge on any atom is -0.480 e. The number of carbonyl (C=O) groups excluding carboxylic acids is 2. The van der Waals surface area contributed by atoms with Crippen molar-refractivity contribution in [1.29, 1.82) is 0 Å². The molecule has 1 aliphatic rings. The fourth-order valence-corrected chi connectivity index (χ4v) is 4.07. The predicted octanol–water partition coefficient (Wildman–Crippen LogP) is 3.16. The van der Waals surface area contributed by atoms with Gasteiger partial charge < -0.3 is 25.2 Å². The molecule has 0 saturated carbocycles. The first-order valence-corrected chi connectivity index (χ1v) is 11.0. The Morgan fingerprint density at radius 3 is 2.09 bits per heavy atom. The number of carboxylic acids is 1. The van der Waals surface area contributed by atoms with Gasteiger partial charge in [-0.05, 0) is 28.2 Å². The number of ether oxygens (including phenoxy) is 2. The second kappa shape index (κ2) is 11.0. The van der Waals surface area contributed by atoms with Crippen LogP contribution < -0.4 is 10.6 Å². The summed E-state index contributed by atoms with van der Waals surface area (Å²) >= 11 is 0. The van der Waals surface area contributed by atoms with E-state index in [1.165, 1.54) is 7.11 Å². The van der Waals surface area contributed by atoms with Gasteiger partial charge in [0.1, 0.15) is 18.7 Å². The molecule has 2 amide bonds. The molecule has 0 aliphatic heterocycles. The highest BCUT2D eigenvalue weighted by atomic mass is 16.5. The molecule has 3 atom stereocenters. The van der Waals surface area contributed by atoms with Crippen molar-refractivity contribution in [3.63, 3.8) is 0 Å². The van der Waals surface area contributed by atoms with Crippen LogP contribution in [0.25, 0.3) is 11.1 Å². The maximum absolute atomic E-state index is 12.7. The molecule has 1 aliphatic carbocycles. The summed E-state index contributed by atoms with van der Waals surface area (Å²) in [6.45, 7) is 3.56. The van der Waals surface area contributed by atoms with Crippen LogP contribution in [0.1, 0.15) is 37.3 Å². The minimum atomic E-state index is -1.13. The van der Waals surface area contributed by atoms with Gasteiger partial charge in [-0.25, -0.2) is 9.59 Å². The molecule has 8 nitrogen and oxygen atoms in total. The van der Waals surface area contributed by atoms with Crippen LogP contribution in [0.5, 0.6) is 0 Å². The zero-order valence-electron chi connectivity index (χ0n) is 19.0. The third-order valence-corrected chi connectivity index (χ3v) is 6.06. The zero-order valence-corrected chi connectivity index (χ0v) is 19.0. The van der Waals surface area contributed by atoms with E-state index in [-0.39, 0.29) is 25.0 Å². The van der Waals surface area contributed by atoms with E-state index in [4.69, 9.17) is 9.47 Å². The summed E-state index contributed by atoms with van der Waals surface area (Å²) in [5.74, 6) is -2.16. The van der Waals surface area contributed by atoms with Gasteiger partial charge in [0, 0.05) is 13.0 Å². The summed E-state index contributed by atoms with van der Waals surface area (Å²) in [5, 5.41) is 14.4. The normalized spacial score (nSPS) is 15.0. The highest BCUT2D eigenvalue weighted by Gasteiger charge is 2.31. The number of carboxylic acid groups (broad SMARTS) is 1. The molecule has 3 rings (SSSR count). The highest BCUT2D eigenvalue weighted by Crippen LogP contribution is 2.44. The second-order valence-corrected chi connectivity index (χ2v) is 8.19. The number of hydrogen-bond acceptors (Lipinski definition) is 5. The molecule has 0 radical (unpaired) electrons. The van der Waals surface area contributed by atoms with Crippen LogP contribution in [0, 0.1) is 5.92 Å². The Morgan fingerprint density at radius 1 is 1.00 bits per heavy atom. The molecule has 8 heteroatoms. The van der Waals surface area contributed by atoms with E-state index in [0.717, 1.165) is 22.3 Å². The van der Waals surface area contributed by atoms with E-state index in [2.05, 4.69) is 10.6 Å². The smallest absolute Gasteiger partial charge is 0.407 e. The van der Waals surface area contributed by atoms with Gasteiger partial charge >= 0.3 is 12.1 Å². The highest BCUT2D eigenvalue weighted by molar-refractivity contribution is 5.89. The van der Waals surface area contributed by atoms with Crippen LogP contribution in [-0.4, -0.2) is 55.5 Å². The standard InChI is InChI=1S/C25H30N2O6/c1-4-15(2)22(24(29)30)27-23(28)21(14-32-3)26-25(31)33-13-20-18-11-7-5-9-16(18)17-10-6-8-12-19(17)20/h5-12,15,20-22H,4,13-14H2,1-3H3,(H,26,31)(H,27,28)(H,29,30)/t15?,21-,22?/m0/s1. The van der Waals surface area contributed by atoms with Crippen LogP contribution in [0.2, 0.25) is 0 Å². The van der Waals surface area contributed by atoms with Crippen molar-refractivity contribution in [3.05, 3.63) is 59.7 Å². The van der Waals surface area contributed by atoms with E-state index < -0.39 is 30.1 Å². The van der Waals surface area contributed by atoms with E-state index >= 15 is 0 Å². The average molecular weight is 455 g/mol. The molecule has 2 aromatic carbocycles. The number of hydrogen-bond donors (Lipinski definition) is 3. The summed E-state index contributed by atoms with van der Waals surface area (Å²) < 4.78 is 10.5. The third kappa shape index (κ3) is 5.51. The molecule has 2 aromatic rings. The van der Waals surface area contributed by atoms with Gasteiger partial charge in [-0.1, -0.05) is 68.8 Å². The van der Waals surface area contributed by atoms with Gasteiger partial charge in [-0.15, -0.1) is 0 Å². The van der Waals surface area contributed by atoms with Crippen molar-refractivity contribution in [2.45, 2.75) is 38.3 Å². The molecule has 176 valence electrons. The number of methoxy groups -OCH3 is 1. The molecule has 0 bridgehead atoms. The predicted molar refractivity (Wildman–Crippen MR) is 123 cm³/mol. The van der Waals surface area contributed by atoms with Gasteiger partial charge in [-0.2, -0.15) is 0 Å². The number of rotatable bonds is 10. The number of aliphatic carboxylic acids is 1. The number of carbonyl (C=O) groups is 3. The summed E-state index contributed by atoms with van der Waals surface area (Å²) in [6.07, 6.45) is -0.198. The Hall–Kier alpha value is -3.39. The van der Waals surface area contributed by atoms with E-state index in [1.807, 2.05) is 55.5 Å². The molecule has 3 N–H and O–H groups in total. The molecule has 0 spiro atoms. The van der Waals surface area contributed by atoms with Gasteiger partial charge in [0.2, 0.25) is 5.91 Å². The Labute approximate surface area is 193 Å². The Balaban J connectivity index is 1.65. The second-order valence-electron chi connectivity index (χ2n) is 8.19. The Kier molecular flexibility index (Phi) is 8.06. The van der Waals surface area contributed by atoms with Crippen molar-refractivity contribution in [1.82, 2.24) is 10.6 Å². The van der Waals surface area contributed by atoms with Crippen molar-refractivity contribution >= 4 is 18.0 Å². The summed E-state index contributed by atoms with van der Waals surface area (Å²) in [5.41, 5.74) is 4.39. The topological polar surface area (TPSA) is 114 Å². The fourth-order valence-electron chi connectivity index (χ4n) is 4.07. The summed E-state index contributed by atoms with van der Waals surface area (Å²) in [4.78, 5) is 36.7. The van der Waals surface area contributed by atoms with Crippen molar-refractivity contribution in [2.24, 2.45) is 5.92 Å². The van der Waals surface area contributed by atoms with Gasteiger partial charge in [0.15, 0.2) is 0 Å². The lowest BCUT2D eigenvalue weighted by atomic mass is 9.98. The molecule has 0 fully saturated rings. The number of alkyl carbamates (subject to hydrolysis) is 1. The average Bonchev–Trinajstić information content (AvgIpc) is 3.13. The summed E-state index contributed by atoms with van der Waals surface area (Å²) in [6, 6.07) is 13.8. The molecule has 0 aromatic heterocycles. The van der Waals surface area contributed by atoms with Gasteiger partial charge in [0.05, 0.1) is 6.61 Å². The van der Waals surface area contributed by atoms with Crippen molar-refractivity contribution in [3.8, 4) is 11.1 Å². The maximum atomic E-state index is 12.7. The maximum Gasteiger partial charge on any atom is 0.407 e. The van der Waals surface area contributed by atoms with Gasteiger partial charge in [-0.3, -0.25) is 4.79 Å². The first-order chi connectivity index (χ1) is 15.9. The van der Waals surface area contributed by atoms with Crippen LogP contribution in [-0.2, 0) is 19.1 Å². The van der Waals surface area contributed by atoms with Gasteiger partial charge in [0.25, 0.3) is 0 Å².